The second kappa shape index (κ2) is 6.07. The SMILES string of the molecule is CC(c1cc(C(N)=O)ccc1C(N)=O)C1CCCCC1. The molecule has 4 heteroatoms. The van der Waals surface area contributed by atoms with Crippen LogP contribution in [-0.4, -0.2) is 11.8 Å². The molecule has 0 aliphatic heterocycles. The van der Waals surface area contributed by atoms with Gasteiger partial charge in [-0.2, -0.15) is 0 Å². The Morgan fingerprint density at radius 1 is 1.10 bits per heavy atom. The van der Waals surface area contributed by atoms with Crippen molar-refractivity contribution in [1.29, 1.82) is 0 Å². The van der Waals surface area contributed by atoms with Crippen LogP contribution < -0.4 is 11.5 Å². The Balaban J connectivity index is 2.37. The lowest BCUT2D eigenvalue weighted by atomic mass is 9.76. The van der Waals surface area contributed by atoms with Gasteiger partial charge in [0.05, 0.1) is 0 Å². The summed E-state index contributed by atoms with van der Waals surface area (Å²) in [5.41, 5.74) is 12.6. The number of hydrogen-bond acceptors (Lipinski definition) is 2. The predicted octanol–water partition coefficient (Wildman–Crippen LogP) is 2.57. The highest BCUT2D eigenvalue weighted by atomic mass is 16.1. The van der Waals surface area contributed by atoms with Gasteiger partial charge in [0.25, 0.3) is 0 Å². The van der Waals surface area contributed by atoms with Crippen molar-refractivity contribution in [3.05, 3.63) is 34.9 Å². The lowest BCUT2D eigenvalue weighted by Gasteiger charge is -2.29. The molecule has 108 valence electrons. The van der Waals surface area contributed by atoms with Crippen molar-refractivity contribution in [3.8, 4) is 0 Å². The molecule has 0 radical (unpaired) electrons. The molecule has 0 aromatic heterocycles. The Hall–Kier alpha value is -1.84. The zero-order chi connectivity index (χ0) is 14.7. The first kappa shape index (κ1) is 14.6. The monoisotopic (exact) mass is 274 g/mol. The Kier molecular flexibility index (Phi) is 4.42. The largest absolute Gasteiger partial charge is 0.366 e. The third kappa shape index (κ3) is 3.00. The summed E-state index contributed by atoms with van der Waals surface area (Å²) in [6.45, 7) is 2.11. The predicted molar refractivity (Wildman–Crippen MR) is 78.5 cm³/mol. The van der Waals surface area contributed by atoms with Gasteiger partial charge in [-0.15, -0.1) is 0 Å². The summed E-state index contributed by atoms with van der Waals surface area (Å²) >= 11 is 0. The van der Waals surface area contributed by atoms with Crippen molar-refractivity contribution < 1.29 is 9.59 Å². The Morgan fingerprint density at radius 3 is 2.30 bits per heavy atom. The van der Waals surface area contributed by atoms with Crippen LogP contribution in [0.3, 0.4) is 0 Å². The van der Waals surface area contributed by atoms with E-state index in [1.54, 1.807) is 18.2 Å². The lowest BCUT2D eigenvalue weighted by molar-refractivity contribution is 0.0986. The Bertz CT molecular complexity index is 519. The summed E-state index contributed by atoms with van der Waals surface area (Å²) < 4.78 is 0. The summed E-state index contributed by atoms with van der Waals surface area (Å²) in [4.78, 5) is 22.9. The average molecular weight is 274 g/mol. The number of hydrogen-bond donors (Lipinski definition) is 2. The fourth-order valence-electron chi connectivity index (χ4n) is 3.21. The Morgan fingerprint density at radius 2 is 1.75 bits per heavy atom. The van der Waals surface area contributed by atoms with Crippen LogP contribution in [0.25, 0.3) is 0 Å². The zero-order valence-corrected chi connectivity index (χ0v) is 11.9. The maximum absolute atomic E-state index is 11.6. The van der Waals surface area contributed by atoms with E-state index in [1.807, 2.05) is 0 Å². The van der Waals surface area contributed by atoms with Gasteiger partial charge in [-0.1, -0.05) is 26.2 Å². The summed E-state index contributed by atoms with van der Waals surface area (Å²) in [7, 11) is 0. The van der Waals surface area contributed by atoms with E-state index in [-0.39, 0.29) is 5.92 Å². The lowest BCUT2D eigenvalue weighted by Crippen LogP contribution is -2.21. The van der Waals surface area contributed by atoms with E-state index in [9.17, 15) is 9.59 Å². The summed E-state index contributed by atoms with van der Waals surface area (Å²) in [5, 5.41) is 0. The number of primary amides is 2. The molecule has 1 atom stereocenters. The smallest absolute Gasteiger partial charge is 0.248 e. The van der Waals surface area contributed by atoms with E-state index in [0.717, 1.165) is 5.56 Å². The van der Waals surface area contributed by atoms with Gasteiger partial charge < -0.3 is 11.5 Å². The molecule has 20 heavy (non-hydrogen) atoms. The van der Waals surface area contributed by atoms with Gasteiger partial charge in [-0.05, 0) is 48.4 Å². The van der Waals surface area contributed by atoms with Crippen molar-refractivity contribution in [2.75, 3.05) is 0 Å². The van der Waals surface area contributed by atoms with Crippen LogP contribution in [0.15, 0.2) is 18.2 Å². The highest BCUT2D eigenvalue weighted by Crippen LogP contribution is 2.37. The standard InChI is InChI=1S/C16H22N2O2/c1-10(11-5-3-2-4-6-11)14-9-12(15(17)19)7-8-13(14)16(18)20/h7-11H,2-6H2,1H3,(H2,17,19)(H2,18,20). The molecule has 0 spiro atoms. The van der Waals surface area contributed by atoms with Gasteiger partial charge in [-0.25, -0.2) is 0 Å². The number of benzene rings is 1. The van der Waals surface area contributed by atoms with Crippen molar-refractivity contribution in [2.24, 2.45) is 17.4 Å². The van der Waals surface area contributed by atoms with E-state index in [4.69, 9.17) is 11.5 Å². The highest BCUT2D eigenvalue weighted by Gasteiger charge is 2.25. The molecular weight excluding hydrogens is 252 g/mol. The molecule has 1 aromatic carbocycles. The third-order valence-corrected chi connectivity index (χ3v) is 4.45. The van der Waals surface area contributed by atoms with Crippen molar-refractivity contribution in [2.45, 2.75) is 44.9 Å². The first-order valence-electron chi connectivity index (χ1n) is 7.24. The minimum absolute atomic E-state index is 0.220. The van der Waals surface area contributed by atoms with Crippen LogP contribution in [0.5, 0.6) is 0 Å². The Labute approximate surface area is 119 Å². The maximum Gasteiger partial charge on any atom is 0.248 e. The molecule has 0 bridgehead atoms. The average Bonchev–Trinajstić information content (AvgIpc) is 2.46. The van der Waals surface area contributed by atoms with Crippen LogP contribution >= 0.6 is 0 Å². The third-order valence-electron chi connectivity index (χ3n) is 4.45. The van der Waals surface area contributed by atoms with Gasteiger partial charge >= 0.3 is 0 Å². The van der Waals surface area contributed by atoms with Gasteiger partial charge in [-0.3, -0.25) is 9.59 Å². The summed E-state index contributed by atoms with van der Waals surface area (Å²) in [6, 6.07) is 4.93. The zero-order valence-electron chi connectivity index (χ0n) is 11.9. The first-order chi connectivity index (χ1) is 9.50. The van der Waals surface area contributed by atoms with Gasteiger partial charge in [0.2, 0.25) is 11.8 Å². The van der Waals surface area contributed by atoms with Gasteiger partial charge in [0.15, 0.2) is 0 Å². The number of rotatable bonds is 4. The normalized spacial score (nSPS) is 17.6. The molecule has 2 amide bonds. The molecule has 2 rings (SSSR count). The summed E-state index contributed by atoms with van der Waals surface area (Å²) in [6.07, 6.45) is 6.08. The molecule has 1 saturated carbocycles. The quantitative estimate of drug-likeness (QED) is 0.884. The molecule has 0 saturated heterocycles. The van der Waals surface area contributed by atoms with Gasteiger partial charge in [0.1, 0.15) is 0 Å². The molecule has 1 fully saturated rings. The second-order valence-corrected chi connectivity index (χ2v) is 5.72. The summed E-state index contributed by atoms with van der Waals surface area (Å²) in [5.74, 6) is -0.154. The molecule has 4 nitrogen and oxygen atoms in total. The van der Waals surface area contributed by atoms with Crippen LogP contribution in [0.2, 0.25) is 0 Å². The second-order valence-electron chi connectivity index (χ2n) is 5.72. The fourth-order valence-corrected chi connectivity index (χ4v) is 3.21. The van der Waals surface area contributed by atoms with Crippen molar-refractivity contribution >= 4 is 11.8 Å². The van der Waals surface area contributed by atoms with Crippen molar-refractivity contribution in [3.63, 3.8) is 0 Å². The number of amides is 2. The number of nitrogens with two attached hydrogens (primary N) is 2. The molecule has 0 heterocycles. The van der Waals surface area contributed by atoms with Crippen LogP contribution in [-0.2, 0) is 0 Å². The molecular formula is C16H22N2O2. The first-order valence-corrected chi connectivity index (χ1v) is 7.24. The molecule has 1 aromatic rings. The van der Waals surface area contributed by atoms with Crippen LogP contribution in [0.4, 0.5) is 0 Å². The minimum Gasteiger partial charge on any atom is -0.366 e. The van der Waals surface area contributed by atoms with Crippen molar-refractivity contribution in [1.82, 2.24) is 0 Å². The van der Waals surface area contributed by atoms with E-state index < -0.39 is 11.8 Å². The number of carbonyl (C=O) groups is 2. The molecule has 1 aliphatic carbocycles. The van der Waals surface area contributed by atoms with Crippen LogP contribution in [0, 0.1) is 5.92 Å². The highest BCUT2D eigenvalue weighted by molar-refractivity contribution is 5.98. The molecule has 4 N–H and O–H groups in total. The van der Waals surface area contributed by atoms with E-state index in [2.05, 4.69) is 6.92 Å². The van der Waals surface area contributed by atoms with E-state index in [1.165, 1.54) is 32.1 Å². The molecule has 1 aliphatic rings. The fraction of sp³-hybridized carbons (Fsp3) is 0.500. The van der Waals surface area contributed by atoms with Gasteiger partial charge in [0, 0.05) is 11.1 Å². The number of carbonyl (C=O) groups excluding carboxylic acids is 2. The topological polar surface area (TPSA) is 86.2 Å². The minimum atomic E-state index is -0.474. The van der Waals surface area contributed by atoms with E-state index >= 15 is 0 Å². The van der Waals surface area contributed by atoms with E-state index in [0.29, 0.717) is 17.0 Å². The van der Waals surface area contributed by atoms with Crippen LogP contribution in [0.1, 0.15) is 71.2 Å². The molecule has 1 unspecified atom stereocenters. The maximum atomic E-state index is 11.6.